The van der Waals surface area contributed by atoms with E-state index in [1.165, 1.54) is 7.11 Å². The van der Waals surface area contributed by atoms with Crippen molar-refractivity contribution >= 4 is 27.9 Å². The highest BCUT2D eigenvalue weighted by atomic mass is 32.2. The van der Waals surface area contributed by atoms with E-state index in [-0.39, 0.29) is 13.0 Å². The number of carbonyl (C=O) groups is 2. The summed E-state index contributed by atoms with van der Waals surface area (Å²) >= 11 is 0. The third-order valence-electron chi connectivity index (χ3n) is 4.27. The lowest BCUT2D eigenvalue weighted by molar-refractivity contribution is -0.140. The van der Waals surface area contributed by atoms with Crippen LogP contribution in [0, 0.1) is 0 Å². The predicted octanol–water partition coefficient (Wildman–Crippen LogP) is -1.50. The number of hydrogen-bond acceptors (Lipinski definition) is 10. The van der Waals surface area contributed by atoms with Crippen LogP contribution in [0.2, 0.25) is 0 Å². The summed E-state index contributed by atoms with van der Waals surface area (Å²) in [5.41, 5.74) is 6.05. The number of carbonyl (C=O) groups excluding carboxylic acids is 2. The molecular weight excluding hydrogens is 440 g/mol. The molecule has 1 amide bonds. The SMILES string of the molecule is COC(=O)CCNS(=O)(=O)CC(N)NC(=O)c1ccc(OCCNC2=NCCCN2)cc1. The summed E-state index contributed by atoms with van der Waals surface area (Å²) < 4.78 is 36.2. The Morgan fingerprint density at radius 1 is 1.25 bits per heavy atom. The molecule has 1 heterocycles. The standard InChI is InChI=1S/C19H30N6O6S/c1-30-17(26)7-10-24-32(28,29)13-16(20)25-18(27)14-3-5-15(6-4-14)31-12-11-23-19-21-8-2-9-22-19/h3-6,16,24H,2,7-13,20H2,1H3,(H,25,27)(H2,21,22,23). The van der Waals surface area contributed by atoms with Gasteiger partial charge in [0.25, 0.3) is 5.91 Å². The Labute approximate surface area is 187 Å². The van der Waals surface area contributed by atoms with E-state index in [1.807, 2.05) is 0 Å². The fourth-order valence-electron chi connectivity index (χ4n) is 2.69. The number of nitrogens with one attached hydrogen (secondary N) is 4. The number of amides is 1. The first-order valence-corrected chi connectivity index (χ1v) is 11.8. The van der Waals surface area contributed by atoms with Crippen molar-refractivity contribution in [2.24, 2.45) is 10.7 Å². The molecule has 1 unspecified atom stereocenters. The van der Waals surface area contributed by atoms with Gasteiger partial charge < -0.3 is 31.2 Å². The Morgan fingerprint density at radius 2 is 2.00 bits per heavy atom. The largest absolute Gasteiger partial charge is 0.492 e. The molecule has 0 fully saturated rings. The molecule has 13 heteroatoms. The topological polar surface area (TPSA) is 173 Å². The first-order valence-electron chi connectivity index (χ1n) is 10.1. The van der Waals surface area contributed by atoms with Crippen LogP contribution in [-0.4, -0.2) is 78.1 Å². The molecule has 0 aliphatic carbocycles. The minimum absolute atomic E-state index is 0.104. The Kier molecular flexibility index (Phi) is 10.2. The molecular formula is C19H30N6O6S. The molecule has 1 aliphatic heterocycles. The highest BCUT2D eigenvalue weighted by Gasteiger charge is 2.18. The van der Waals surface area contributed by atoms with Gasteiger partial charge in [0, 0.05) is 25.2 Å². The van der Waals surface area contributed by atoms with Gasteiger partial charge in [0.05, 0.1) is 32.0 Å². The lowest BCUT2D eigenvalue weighted by atomic mass is 10.2. The number of ether oxygens (including phenoxy) is 2. The van der Waals surface area contributed by atoms with Gasteiger partial charge in [-0.1, -0.05) is 0 Å². The summed E-state index contributed by atoms with van der Waals surface area (Å²) in [6.07, 6.45) is -0.208. The van der Waals surface area contributed by atoms with Crippen LogP contribution in [0.25, 0.3) is 0 Å². The van der Waals surface area contributed by atoms with Crippen LogP contribution in [0.1, 0.15) is 23.2 Å². The first kappa shape index (κ1) is 25.4. The molecule has 1 aromatic carbocycles. The van der Waals surface area contributed by atoms with Gasteiger partial charge in [-0.3, -0.25) is 14.6 Å². The van der Waals surface area contributed by atoms with Gasteiger partial charge in [-0.25, -0.2) is 13.1 Å². The van der Waals surface area contributed by atoms with E-state index < -0.39 is 33.8 Å². The summed E-state index contributed by atoms with van der Waals surface area (Å²) in [7, 11) is -2.56. The van der Waals surface area contributed by atoms with E-state index >= 15 is 0 Å². The number of sulfonamides is 1. The van der Waals surface area contributed by atoms with Gasteiger partial charge in [0.15, 0.2) is 5.96 Å². The molecule has 1 atom stereocenters. The third kappa shape index (κ3) is 9.49. The van der Waals surface area contributed by atoms with Crippen molar-refractivity contribution in [1.29, 1.82) is 0 Å². The average molecular weight is 471 g/mol. The first-order chi connectivity index (χ1) is 15.3. The molecule has 0 bridgehead atoms. The Balaban J connectivity index is 1.71. The van der Waals surface area contributed by atoms with Crippen molar-refractivity contribution in [3.63, 3.8) is 0 Å². The summed E-state index contributed by atoms with van der Waals surface area (Å²) in [5.74, 6) is -0.234. The minimum atomic E-state index is -3.78. The molecule has 178 valence electrons. The number of nitrogens with zero attached hydrogens (tertiary/aromatic N) is 1. The van der Waals surface area contributed by atoms with E-state index in [1.54, 1.807) is 24.3 Å². The van der Waals surface area contributed by atoms with E-state index in [4.69, 9.17) is 10.5 Å². The zero-order valence-corrected chi connectivity index (χ0v) is 18.7. The Bertz CT molecular complexity index is 890. The van der Waals surface area contributed by atoms with E-state index in [0.717, 1.165) is 25.5 Å². The predicted molar refractivity (Wildman–Crippen MR) is 119 cm³/mol. The zero-order valence-electron chi connectivity index (χ0n) is 17.9. The molecule has 0 radical (unpaired) electrons. The summed E-state index contributed by atoms with van der Waals surface area (Å²) in [5, 5.41) is 8.72. The molecule has 2 rings (SSSR count). The zero-order chi connectivity index (χ0) is 23.4. The van der Waals surface area contributed by atoms with Crippen LogP contribution in [0.15, 0.2) is 29.3 Å². The maximum atomic E-state index is 12.3. The second kappa shape index (κ2) is 12.8. The number of hydrogen-bond donors (Lipinski definition) is 5. The summed E-state index contributed by atoms with van der Waals surface area (Å²) in [6, 6.07) is 6.39. The molecule has 1 aliphatic rings. The molecule has 0 spiro atoms. The van der Waals surface area contributed by atoms with Gasteiger partial charge in [0.2, 0.25) is 10.0 Å². The van der Waals surface area contributed by atoms with Crippen LogP contribution in [0.5, 0.6) is 5.75 Å². The highest BCUT2D eigenvalue weighted by Crippen LogP contribution is 2.12. The number of rotatable bonds is 12. The quantitative estimate of drug-likeness (QED) is 0.138. The van der Waals surface area contributed by atoms with E-state index in [9.17, 15) is 18.0 Å². The van der Waals surface area contributed by atoms with E-state index in [2.05, 4.69) is 30.4 Å². The molecule has 12 nitrogen and oxygen atoms in total. The van der Waals surface area contributed by atoms with Crippen molar-refractivity contribution in [2.45, 2.75) is 19.0 Å². The monoisotopic (exact) mass is 470 g/mol. The second-order valence-corrected chi connectivity index (χ2v) is 8.74. The van der Waals surface area contributed by atoms with Crippen molar-refractivity contribution < 1.29 is 27.5 Å². The van der Waals surface area contributed by atoms with Crippen LogP contribution >= 0.6 is 0 Å². The highest BCUT2D eigenvalue weighted by molar-refractivity contribution is 7.89. The Hall–Kier alpha value is -2.90. The van der Waals surface area contributed by atoms with E-state index in [0.29, 0.717) is 24.5 Å². The molecule has 1 aromatic rings. The third-order valence-corrected chi connectivity index (χ3v) is 5.71. The van der Waals surface area contributed by atoms with Crippen molar-refractivity contribution in [3.05, 3.63) is 29.8 Å². The lowest BCUT2D eigenvalue weighted by Crippen LogP contribution is -2.48. The lowest BCUT2D eigenvalue weighted by Gasteiger charge is -2.16. The van der Waals surface area contributed by atoms with Crippen molar-refractivity contribution in [1.82, 2.24) is 20.7 Å². The smallest absolute Gasteiger partial charge is 0.306 e. The number of guanidine groups is 1. The maximum absolute atomic E-state index is 12.3. The second-order valence-electron chi connectivity index (χ2n) is 6.89. The summed E-state index contributed by atoms with van der Waals surface area (Å²) in [4.78, 5) is 27.6. The molecule has 0 saturated heterocycles. The molecule has 0 saturated carbocycles. The molecule has 6 N–H and O–H groups in total. The maximum Gasteiger partial charge on any atom is 0.306 e. The minimum Gasteiger partial charge on any atom is -0.492 e. The fourth-order valence-corrected chi connectivity index (χ4v) is 3.78. The number of aliphatic imine (C=N–C) groups is 1. The van der Waals surface area contributed by atoms with Gasteiger partial charge >= 0.3 is 5.97 Å². The van der Waals surface area contributed by atoms with Crippen molar-refractivity contribution in [2.75, 3.05) is 45.6 Å². The van der Waals surface area contributed by atoms with Crippen LogP contribution in [0.4, 0.5) is 0 Å². The van der Waals surface area contributed by atoms with Crippen LogP contribution in [-0.2, 0) is 19.6 Å². The fraction of sp³-hybridized carbons (Fsp3) is 0.526. The number of nitrogens with two attached hydrogens (primary N) is 1. The Morgan fingerprint density at radius 3 is 2.66 bits per heavy atom. The number of methoxy groups -OCH3 is 1. The van der Waals surface area contributed by atoms with Gasteiger partial charge in [0.1, 0.15) is 12.4 Å². The van der Waals surface area contributed by atoms with Crippen molar-refractivity contribution in [3.8, 4) is 5.75 Å². The van der Waals surface area contributed by atoms with Crippen LogP contribution in [0.3, 0.4) is 0 Å². The van der Waals surface area contributed by atoms with Gasteiger partial charge in [-0.15, -0.1) is 0 Å². The normalized spacial score (nSPS) is 14.5. The molecule has 0 aromatic heterocycles. The summed E-state index contributed by atoms with van der Waals surface area (Å²) in [6.45, 7) is 2.58. The van der Waals surface area contributed by atoms with Gasteiger partial charge in [-0.2, -0.15) is 0 Å². The number of benzene rings is 1. The number of esters is 1. The molecule has 32 heavy (non-hydrogen) atoms. The van der Waals surface area contributed by atoms with Crippen LogP contribution < -0.4 is 31.1 Å². The average Bonchev–Trinajstić information content (AvgIpc) is 2.77. The van der Waals surface area contributed by atoms with Gasteiger partial charge in [-0.05, 0) is 30.7 Å².